The van der Waals surface area contributed by atoms with Crippen molar-refractivity contribution in [1.82, 2.24) is 9.71 Å². The van der Waals surface area contributed by atoms with Crippen LogP contribution in [0, 0.1) is 17.1 Å². The van der Waals surface area contributed by atoms with Crippen LogP contribution in [0.15, 0.2) is 48.8 Å². The summed E-state index contributed by atoms with van der Waals surface area (Å²) in [7, 11) is -3.20. The van der Waals surface area contributed by atoms with E-state index in [0.29, 0.717) is 19.5 Å². The highest BCUT2D eigenvalue weighted by Gasteiger charge is 2.09. The van der Waals surface area contributed by atoms with Gasteiger partial charge < -0.3 is 5.32 Å². The minimum Gasteiger partial charge on any atom is -0.384 e. The fraction of sp³-hybridized carbons (Fsp3) is 0.200. The number of nitriles is 1. The molecule has 2 aromatic carbocycles. The molecule has 0 amide bonds. The van der Waals surface area contributed by atoms with Crippen molar-refractivity contribution in [1.29, 1.82) is 5.26 Å². The van der Waals surface area contributed by atoms with Gasteiger partial charge in [0.2, 0.25) is 10.0 Å². The van der Waals surface area contributed by atoms with Gasteiger partial charge in [-0.15, -0.1) is 0 Å². The number of sulfonamides is 1. The number of hydrogen-bond acceptors (Lipinski definition) is 5. The van der Waals surface area contributed by atoms with Crippen molar-refractivity contribution in [3.05, 3.63) is 60.2 Å². The molecule has 2 N–H and O–H groups in total. The van der Waals surface area contributed by atoms with Crippen LogP contribution in [0.25, 0.3) is 21.9 Å². The molecule has 1 heterocycles. The molecule has 0 spiro atoms. The lowest BCUT2D eigenvalue weighted by Gasteiger charge is -2.13. The number of anilines is 1. The van der Waals surface area contributed by atoms with Crippen molar-refractivity contribution in [2.75, 3.05) is 24.7 Å². The topological polar surface area (TPSA) is 94.9 Å². The van der Waals surface area contributed by atoms with E-state index in [1.165, 1.54) is 12.1 Å². The summed E-state index contributed by atoms with van der Waals surface area (Å²) in [6.07, 6.45) is 5.17. The molecule has 0 aliphatic carbocycles. The number of aromatic nitrogens is 1. The van der Waals surface area contributed by atoms with E-state index in [9.17, 15) is 12.8 Å². The van der Waals surface area contributed by atoms with E-state index < -0.39 is 15.8 Å². The molecule has 0 radical (unpaired) electrons. The molecule has 3 aromatic rings. The molecule has 144 valence electrons. The minimum atomic E-state index is -3.20. The van der Waals surface area contributed by atoms with Crippen LogP contribution in [0.1, 0.15) is 12.0 Å². The van der Waals surface area contributed by atoms with Gasteiger partial charge in [-0.2, -0.15) is 5.26 Å². The van der Waals surface area contributed by atoms with Crippen molar-refractivity contribution in [3.63, 3.8) is 0 Å². The second kappa shape index (κ2) is 8.33. The zero-order chi connectivity index (χ0) is 20.1. The van der Waals surface area contributed by atoms with E-state index in [2.05, 4.69) is 15.0 Å². The summed E-state index contributed by atoms with van der Waals surface area (Å²) in [5.41, 5.74) is 2.40. The largest absolute Gasteiger partial charge is 0.384 e. The predicted molar refractivity (Wildman–Crippen MR) is 108 cm³/mol. The Labute approximate surface area is 163 Å². The Kier molecular flexibility index (Phi) is 5.87. The van der Waals surface area contributed by atoms with Crippen molar-refractivity contribution < 1.29 is 12.8 Å². The molecule has 1 aromatic heterocycles. The van der Waals surface area contributed by atoms with Crippen molar-refractivity contribution >= 4 is 26.5 Å². The minimum absolute atomic E-state index is 0.00585. The first-order chi connectivity index (χ1) is 13.4. The zero-order valence-corrected chi connectivity index (χ0v) is 16.1. The molecule has 0 aliphatic heterocycles. The summed E-state index contributed by atoms with van der Waals surface area (Å²) < 4.78 is 38.4. The predicted octanol–water partition coefficient (Wildman–Crippen LogP) is 3.26. The third kappa shape index (κ3) is 4.82. The van der Waals surface area contributed by atoms with Gasteiger partial charge in [-0.25, -0.2) is 17.5 Å². The summed E-state index contributed by atoms with van der Waals surface area (Å²) >= 11 is 0. The van der Waals surface area contributed by atoms with Gasteiger partial charge in [0.15, 0.2) is 0 Å². The molecule has 28 heavy (non-hydrogen) atoms. The van der Waals surface area contributed by atoms with Crippen LogP contribution in [-0.4, -0.2) is 32.7 Å². The Balaban J connectivity index is 1.88. The molecule has 6 nitrogen and oxygen atoms in total. The molecular formula is C20H19FN4O2S. The van der Waals surface area contributed by atoms with Crippen LogP contribution < -0.4 is 10.0 Å². The summed E-state index contributed by atoms with van der Waals surface area (Å²) in [4.78, 5) is 4.17. The van der Waals surface area contributed by atoms with Gasteiger partial charge >= 0.3 is 0 Å². The van der Waals surface area contributed by atoms with Gasteiger partial charge in [0.25, 0.3) is 0 Å². The molecule has 0 saturated carbocycles. The number of halogens is 1. The Hall–Kier alpha value is -3.02. The lowest BCUT2D eigenvalue weighted by atomic mass is 9.99. The fourth-order valence-electron chi connectivity index (χ4n) is 2.87. The molecule has 0 fully saturated rings. The van der Waals surface area contributed by atoms with E-state index in [-0.39, 0.29) is 5.56 Å². The Bertz CT molecular complexity index is 1160. The van der Waals surface area contributed by atoms with E-state index in [1.54, 1.807) is 18.5 Å². The zero-order valence-electron chi connectivity index (χ0n) is 15.2. The smallest absolute Gasteiger partial charge is 0.208 e. The normalized spacial score (nSPS) is 11.3. The quantitative estimate of drug-likeness (QED) is 0.596. The highest BCUT2D eigenvalue weighted by molar-refractivity contribution is 7.88. The molecule has 3 rings (SSSR count). The summed E-state index contributed by atoms with van der Waals surface area (Å²) in [6, 6.07) is 12.1. The van der Waals surface area contributed by atoms with Gasteiger partial charge in [0.05, 0.1) is 11.8 Å². The third-order valence-electron chi connectivity index (χ3n) is 4.21. The molecule has 0 aliphatic rings. The Morgan fingerprint density at radius 3 is 2.71 bits per heavy atom. The first-order valence-electron chi connectivity index (χ1n) is 8.64. The first-order valence-corrected chi connectivity index (χ1v) is 10.5. The van der Waals surface area contributed by atoms with Crippen LogP contribution in [-0.2, 0) is 10.0 Å². The third-order valence-corrected chi connectivity index (χ3v) is 4.94. The van der Waals surface area contributed by atoms with Gasteiger partial charge in [-0.1, -0.05) is 6.07 Å². The second-order valence-corrected chi connectivity index (χ2v) is 8.21. The second-order valence-electron chi connectivity index (χ2n) is 6.37. The number of pyridine rings is 1. The van der Waals surface area contributed by atoms with Crippen molar-refractivity contribution in [2.45, 2.75) is 6.42 Å². The number of nitrogens with zero attached hydrogens (tertiary/aromatic N) is 2. The van der Waals surface area contributed by atoms with Crippen molar-refractivity contribution in [2.24, 2.45) is 0 Å². The van der Waals surface area contributed by atoms with E-state index in [1.807, 2.05) is 24.3 Å². The van der Waals surface area contributed by atoms with Crippen LogP contribution in [0.2, 0.25) is 0 Å². The maximum Gasteiger partial charge on any atom is 0.208 e. The average molecular weight is 398 g/mol. The monoisotopic (exact) mass is 398 g/mol. The lowest BCUT2D eigenvalue weighted by Crippen LogP contribution is -2.24. The van der Waals surface area contributed by atoms with Crippen LogP contribution in [0.5, 0.6) is 0 Å². The summed E-state index contributed by atoms with van der Waals surface area (Å²) in [6.45, 7) is 0.897. The summed E-state index contributed by atoms with van der Waals surface area (Å²) in [5, 5.41) is 14.3. The molecule has 0 atom stereocenters. The molecule has 0 unspecified atom stereocenters. The standard InChI is InChI=1S/C20H19FN4O2S/c1-28(26,27)25-7-2-6-24-20-11-16(10-15-5-8-23-13-18(15)20)14-3-4-19(21)17(9-14)12-22/h3-5,8-11,13,24-25H,2,6-7H2,1H3. The molecule has 8 heteroatoms. The highest BCUT2D eigenvalue weighted by Crippen LogP contribution is 2.31. The van der Waals surface area contributed by atoms with E-state index >= 15 is 0 Å². The van der Waals surface area contributed by atoms with Crippen LogP contribution in [0.4, 0.5) is 10.1 Å². The van der Waals surface area contributed by atoms with Crippen LogP contribution >= 0.6 is 0 Å². The number of fused-ring (bicyclic) bond motifs is 1. The Morgan fingerprint density at radius 2 is 1.96 bits per heavy atom. The summed E-state index contributed by atoms with van der Waals surface area (Å²) in [5.74, 6) is -0.548. The van der Waals surface area contributed by atoms with Gasteiger partial charge in [0.1, 0.15) is 11.9 Å². The molecule has 0 saturated heterocycles. The van der Waals surface area contributed by atoms with Gasteiger partial charge in [0, 0.05) is 36.6 Å². The van der Waals surface area contributed by atoms with Crippen LogP contribution in [0.3, 0.4) is 0 Å². The van der Waals surface area contributed by atoms with Crippen molar-refractivity contribution in [3.8, 4) is 17.2 Å². The first kappa shape index (κ1) is 19.7. The number of rotatable bonds is 7. The number of benzene rings is 2. The fourth-order valence-corrected chi connectivity index (χ4v) is 3.39. The highest BCUT2D eigenvalue weighted by atomic mass is 32.2. The maximum atomic E-state index is 13.6. The van der Waals surface area contributed by atoms with Gasteiger partial charge in [-0.3, -0.25) is 4.98 Å². The average Bonchev–Trinajstić information content (AvgIpc) is 2.67. The SMILES string of the molecule is CS(=O)(=O)NCCCNc1cc(-c2ccc(F)c(C#N)c2)cc2ccncc12. The molecular weight excluding hydrogens is 379 g/mol. The maximum absolute atomic E-state index is 13.6. The molecule has 0 bridgehead atoms. The number of nitrogens with one attached hydrogen (secondary N) is 2. The van der Waals surface area contributed by atoms with Gasteiger partial charge in [-0.05, 0) is 53.3 Å². The van der Waals surface area contributed by atoms with E-state index in [0.717, 1.165) is 33.8 Å². The lowest BCUT2D eigenvalue weighted by molar-refractivity contribution is 0.586. The van der Waals surface area contributed by atoms with E-state index in [4.69, 9.17) is 5.26 Å². The number of hydrogen-bond donors (Lipinski definition) is 2. The Morgan fingerprint density at radius 1 is 1.14 bits per heavy atom.